The molecule has 2 aromatic rings. The van der Waals surface area contributed by atoms with E-state index >= 15 is 0 Å². The zero-order valence-corrected chi connectivity index (χ0v) is 17.6. The molecule has 4 aliphatic carbocycles. The van der Waals surface area contributed by atoms with Gasteiger partial charge in [-0.1, -0.05) is 6.92 Å². The highest BCUT2D eigenvalue weighted by Gasteiger charge is 2.61. The maximum atomic E-state index is 13.5. The summed E-state index contributed by atoms with van der Waals surface area (Å²) in [4.78, 5) is 31.3. The van der Waals surface area contributed by atoms with Crippen LogP contribution < -0.4 is 10.6 Å². The maximum Gasteiger partial charge on any atom is 0.254 e. The molecule has 6 rings (SSSR count). The van der Waals surface area contributed by atoms with E-state index in [-0.39, 0.29) is 17.2 Å². The molecule has 4 aliphatic rings. The van der Waals surface area contributed by atoms with E-state index in [1.807, 2.05) is 25.1 Å². The van der Waals surface area contributed by atoms with Gasteiger partial charge >= 0.3 is 0 Å². The molecule has 29 heavy (non-hydrogen) atoms. The smallest absolute Gasteiger partial charge is 0.254 e. The lowest BCUT2D eigenvalue weighted by atomic mass is 9.75. The number of pyridine rings is 1. The summed E-state index contributed by atoms with van der Waals surface area (Å²) in [5.41, 5.74) is 1.37. The van der Waals surface area contributed by atoms with Gasteiger partial charge < -0.3 is 10.6 Å². The van der Waals surface area contributed by atoms with E-state index in [1.54, 1.807) is 12.4 Å². The fraction of sp³-hybridized carbons (Fsp3) is 0.522. The molecule has 2 N–H and O–H groups in total. The molecule has 152 valence electrons. The molecule has 4 saturated carbocycles. The van der Waals surface area contributed by atoms with Crippen molar-refractivity contribution in [1.29, 1.82) is 0 Å². The Morgan fingerprint density at radius 3 is 2.59 bits per heavy atom. The molecular formula is C23H27N3O2S. The van der Waals surface area contributed by atoms with Crippen LogP contribution in [0.3, 0.4) is 0 Å². The Balaban J connectivity index is 1.44. The van der Waals surface area contributed by atoms with Crippen LogP contribution in [-0.4, -0.2) is 23.3 Å². The third-order valence-corrected chi connectivity index (χ3v) is 8.25. The molecule has 2 heterocycles. The summed E-state index contributed by atoms with van der Waals surface area (Å²) < 4.78 is 0. The van der Waals surface area contributed by atoms with Crippen molar-refractivity contribution in [2.24, 2.45) is 23.2 Å². The van der Waals surface area contributed by atoms with Crippen molar-refractivity contribution in [2.45, 2.75) is 45.4 Å². The van der Waals surface area contributed by atoms with E-state index < -0.39 is 0 Å². The molecule has 0 aliphatic heterocycles. The highest BCUT2D eigenvalue weighted by atomic mass is 32.1. The minimum atomic E-state index is -0.203. The van der Waals surface area contributed by atoms with Crippen molar-refractivity contribution in [3.8, 4) is 10.4 Å². The van der Waals surface area contributed by atoms with E-state index in [9.17, 15) is 9.59 Å². The second-order valence-corrected chi connectivity index (χ2v) is 10.1. The van der Waals surface area contributed by atoms with Gasteiger partial charge in [0.15, 0.2) is 0 Å². The third kappa shape index (κ3) is 3.18. The van der Waals surface area contributed by atoms with E-state index in [0.717, 1.165) is 41.5 Å². The molecule has 2 amide bonds. The number of nitrogens with zero attached hydrogens (tertiary/aromatic N) is 1. The molecule has 5 nitrogen and oxygen atoms in total. The van der Waals surface area contributed by atoms with Crippen LogP contribution in [0.25, 0.3) is 10.4 Å². The standard InChI is InChI=1S/C23H27N3O2S/c1-2-5-25-20(27)18-11-19(16-3-6-24-7-4-16)29-21(18)26-22(28)23-12-14-8-15(13-23)10-17(23)9-14/h3-4,6-7,11,14-15,17H,2,5,8-10,12-13H2,1H3,(H,25,27)(H,26,28)/t14-,15?,17?,23?/m1/s1. The zero-order chi connectivity index (χ0) is 20.0. The molecular weight excluding hydrogens is 382 g/mol. The van der Waals surface area contributed by atoms with E-state index in [0.29, 0.717) is 23.0 Å². The van der Waals surface area contributed by atoms with E-state index in [2.05, 4.69) is 15.6 Å². The number of thiophene rings is 1. The summed E-state index contributed by atoms with van der Waals surface area (Å²) >= 11 is 1.48. The van der Waals surface area contributed by atoms with Crippen LogP contribution in [0.4, 0.5) is 5.00 Å². The number of hydrogen-bond donors (Lipinski definition) is 2. The van der Waals surface area contributed by atoms with Gasteiger partial charge in [0.2, 0.25) is 5.91 Å². The first-order valence-electron chi connectivity index (χ1n) is 10.7. The fourth-order valence-electron chi connectivity index (χ4n) is 6.04. The Hall–Kier alpha value is -2.21. The Kier molecular flexibility index (Phi) is 4.69. The fourth-order valence-corrected chi connectivity index (χ4v) is 7.10. The molecule has 2 aromatic heterocycles. The second kappa shape index (κ2) is 7.24. The normalized spacial score (nSPS) is 29.2. The highest BCUT2D eigenvalue weighted by molar-refractivity contribution is 7.20. The topological polar surface area (TPSA) is 71.1 Å². The summed E-state index contributed by atoms with van der Waals surface area (Å²) in [6.07, 6.45) is 10.2. The quantitative estimate of drug-likeness (QED) is 0.725. The third-order valence-electron chi connectivity index (χ3n) is 7.15. The van der Waals surface area contributed by atoms with Gasteiger partial charge in [-0.2, -0.15) is 0 Å². The Bertz CT molecular complexity index is 925. The first-order valence-corrected chi connectivity index (χ1v) is 11.5. The molecule has 3 unspecified atom stereocenters. The SMILES string of the molecule is CCCNC(=O)c1cc(-c2ccncc2)sc1NC(=O)C12CC3CC1C[C@@H](C3)C2. The summed E-state index contributed by atoms with van der Waals surface area (Å²) in [5.74, 6) is 2.00. The van der Waals surface area contributed by atoms with Gasteiger partial charge in [-0.15, -0.1) is 11.3 Å². The summed E-state index contributed by atoms with van der Waals surface area (Å²) in [6.45, 7) is 2.66. The first-order chi connectivity index (χ1) is 14.1. The van der Waals surface area contributed by atoms with Crippen LogP contribution in [0.5, 0.6) is 0 Å². The number of nitrogens with one attached hydrogen (secondary N) is 2. The van der Waals surface area contributed by atoms with Gasteiger partial charge in [-0.05, 0) is 80.0 Å². The first kappa shape index (κ1) is 18.8. The number of amides is 2. The molecule has 0 aromatic carbocycles. The molecule has 0 spiro atoms. The van der Waals surface area contributed by atoms with E-state index in [4.69, 9.17) is 0 Å². The molecule has 0 radical (unpaired) electrons. The Labute approximate surface area is 175 Å². The van der Waals surface area contributed by atoms with Gasteiger partial charge in [0.05, 0.1) is 11.0 Å². The number of aromatic nitrogens is 1. The number of hydrogen-bond acceptors (Lipinski definition) is 4. The molecule has 4 fully saturated rings. The highest BCUT2D eigenvalue weighted by Crippen LogP contribution is 2.65. The van der Waals surface area contributed by atoms with Crippen LogP contribution >= 0.6 is 11.3 Å². The van der Waals surface area contributed by atoms with Gasteiger partial charge in [0, 0.05) is 23.8 Å². The Morgan fingerprint density at radius 2 is 1.90 bits per heavy atom. The predicted molar refractivity (Wildman–Crippen MR) is 115 cm³/mol. The van der Waals surface area contributed by atoms with Gasteiger partial charge in [-0.3, -0.25) is 14.6 Å². The van der Waals surface area contributed by atoms with Crippen molar-refractivity contribution in [1.82, 2.24) is 10.3 Å². The van der Waals surface area contributed by atoms with E-state index in [1.165, 1.54) is 30.6 Å². The lowest BCUT2D eigenvalue weighted by Crippen LogP contribution is -2.37. The average molecular weight is 410 g/mol. The minimum Gasteiger partial charge on any atom is -0.352 e. The predicted octanol–water partition coefficient (Wildman–Crippen LogP) is 4.71. The van der Waals surface area contributed by atoms with Crippen LogP contribution in [0.2, 0.25) is 0 Å². The monoisotopic (exact) mass is 409 g/mol. The van der Waals surface area contributed by atoms with Crippen LogP contribution in [-0.2, 0) is 4.79 Å². The van der Waals surface area contributed by atoms with Gasteiger partial charge in [-0.25, -0.2) is 0 Å². The van der Waals surface area contributed by atoms with Gasteiger partial charge in [0.25, 0.3) is 5.91 Å². The molecule has 4 bridgehead atoms. The number of carbonyl (C=O) groups excluding carboxylic acids is 2. The summed E-state index contributed by atoms with van der Waals surface area (Å²) in [7, 11) is 0. The van der Waals surface area contributed by atoms with Crippen molar-refractivity contribution in [3.05, 3.63) is 36.2 Å². The summed E-state index contributed by atoms with van der Waals surface area (Å²) in [5, 5.41) is 6.84. The van der Waals surface area contributed by atoms with Crippen LogP contribution in [0.15, 0.2) is 30.6 Å². The Morgan fingerprint density at radius 1 is 1.17 bits per heavy atom. The van der Waals surface area contributed by atoms with Crippen molar-refractivity contribution in [2.75, 3.05) is 11.9 Å². The lowest BCUT2D eigenvalue weighted by molar-refractivity contribution is -0.127. The lowest BCUT2D eigenvalue weighted by Gasteiger charge is -2.31. The van der Waals surface area contributed by atoms with Crippen molar-refractivity contribution in [3.63, 3.8) is 0 Å². The number of carbonyl (C=O) groups is 2. The van der Waals surface area contributed by atoms with Crippen molar-refractivity contribution >= 4 is 28.2 Å². The van der Waals surface area contributed by atoms with Crippen molar-refractivity contribution < 1.29 is 9.59 Å². The van der Waals surface area contributed by atoms with Crippen LogP contribution in [0, 0.1) is 23.2 Å². The maximum absolute atomic E-state index is 13.5. The number of anilines is 1. The zero-order valence-electron chi connectivity index (χ0n) is 16.7. The molecule has 6 heteroatoms. The summed E-state index contributed by atoms with van der Waals surface area (Å²) in [6, 6.07) is 5.76. The number of rotatable bonds is 6. The second-order valence-electron chi connectivity index (χ2n) is 9.00. The van der Waals surface area contributed by atoms with Crippen LogP contribution in [0.1, 0.15) is 55.8 Å². The van der Waals surface area contributed by atoms with Gasteiger partial charge in [0.1, 0.15) is 5.00 Å². The molecule has 4 atom stereocenters. The largest absolute Gasteiger partial charge is 0.352 e. The minimum absolute atomic E-state index is 0.117. The average Bonchev–Trinajstić information content (AvgIpc) is 3.34. The molecule has 0 saturated heterocycles.